The van der Waals surface area contributed by atoms with E-state index in [-0.39, 0.29) is 0 Å². The molecule has 47 heavy (non-hydrogen) atoms. The number of benzene rings is 7. The van der Waals surface area contributed by atoms with Gasteiger partial charge in [-0.2, -0.15) is 0 Å². The Labute approximate surface area is 276 Å². The summed E-state index contributed by atoms with van der Waals surface area (Å²) in [6.45, 7) is 0. The minimum atomic E-state index is 0.625. The smallest absolute Gasteiger partial charge is 0.227 e. The minimum Gasteiger partial charge on any atom is -0.436 e. The quantitative estimate of drug-likeness (QED) is 0.185. The van der Waals surface area contributed by atoms with Gasteiger partial charge in [-0.1, -0.05) is 97.1 Å². The van der Waals surface area contributed by atoms with E-state index < -0.39 is 0 Å². The van der Waals surface area contributed by atoms with Crippen molar-refractivity contribution in [3.8, 4) is 33.7 Å². The third-order valence-corrected chi connectivity index (χ3v) is 9.86. The first-order valence-corrected chi connectivity index (χ1v) is 16.5. The molecule has 3 nitrogen and oxygen atoms in total. The molecule has 222 valence electrons. The van der Waals surface area contributed by atoms with E-state index in [9.17, 15) is 0 Å². The first-order valence-electron chi connectivity index (χ1n) is 15.7. The highest BCUT2D eigenvalue weighted by atomic mass is 32.1. The second kappa shape index (κ2) is 11.4. The molecule has 9 rings (SSSR count). The highest BCUT2D eigenvalue weighted by Gasteiger charge is 2.17. The predicted octanol–water partition coefficient (Wildman–Crippen LogP) is 12.7. The SMILES string of the molecule is c1ccc(-c2ccc(-c3cccc4sc5ccc(N(c6ccccc6)c6ccc(-c7nc8ccccc8o7)cc6)cc5c34)cc2)cc1. The van der Waals surface area contributed by atoms with Gasteiger partial charge in [0, 0.05) is 42.8 Å². The number of thiophene rings is 1. The molecule has 2 heterocycles. The van der Waals surface area contributed by atoms with E-state index in [1.165, 1.54) is 42.4 Å². The van der Waals surface area contributed by atoms with Crippen molar-refractivity contribution >= 4 is 59.7 Å². The summed E-state index contributed by atoms with van der Waals surface area (Å²) in [4.78, 5) is 7.02. The Kier molecular flexibility index (Phi) is 6.65. The van der Waals surface area contributed by atoms with Crippen LogP contribution in [0.5, 0.6) is 0 Å². The molecule has 0 aliphatic heterocycles. The van der Waals surface area contributed by atoms with Gasteiger partial charge in [0.2, 0.25) is 5.89 Å². The molecule has 0 spiro atoms. The molecule has 0 fully saturated rings. The number of fused-ring (bicyclic) bond motifs is 4. The molecule has 0 saturated carbocycles. The van der Waals surface area contributed by atoms with Crippen LogP contribution in [0.4, 0.5) is 17.1 Å². The van der Waals surface area contributed by atoms with Gasteiger partial charge >= 0.3 is 0 Å². The second-order valence-electron chi connectivity index (χ2n) is 11.6. The van der Waals surface area contributed by atoms with Crippen LogP contribution >= 0.6 is 11.3 Å². The van der Waals surface area contributed by atoms with Gasteiger partial charge in [0.1, 0.15) is 5.52 Å². The minimum absolute atomic E-state index is 0.625. The van der Waals surface area contributed by atoms with Crippen LogP contribution in [0.2, 0.25) is 0 Å². The Morgan fingerprint density at radius 2 is 1.11 bits per heavy atom. The van der Waals surface area contributed by atoms with Gasteiger partial charge in [-0.25, -0.2) is 4.98 Å². The molecule has 9 aromatic rings. The molecular weight excluding hydrogens is 593 g/mol. The van der Waals surface area contributed by atoms with E-state index in [4.69, 9.17) is 9.40 Å². The third-order valence-electron chi connectivity index (χ3n) is 8.72. The zero-order valence-corrected chi connectivity index (χ0v) is 26.2. The molecule has 0 radical (unpaired) electrons. The van der Waals surface area contributed by atoms with Crippen molar-refractivity contribution in [3.63, 3.8) is 0 Å². The lowest BCUT2D eigenvalue weighted by molar-refractivity contribution is 0.620. The monoisotopic (exact) mass is 620 g/mol. The van der Waals surface area contributed by atoms with Crippen molar-refractivity contribution in [2.24, 2.45) is 0 Å². The van der Waals surface area contributed by atoms with Gasteiger partial charge < -0.3 is 9.32 Å². The van der Waals surface area contributed by atoms with Crippen LogP contribution in [0.25, 0.3) is 65.0 Å². The molecule has 0 atom stereocenters. The van der Waals surface area contributed by atoms with Crippen LogP contribution in [-0.2, 0) is 0 Å². The van der Waals surface area contributed by atoms with E-state index in [2.05, 4.69) is 150 Å². The van der Waals surface area contributed by atoms with Crippen LogP contribution in [0.3, 0.4) is 0 Å². The van der Waals surface area contributed by atoms with Gasteiger partial charge in [-0.15, -0.1) is 11.3 Å². The largest absolute Gasteiger partial charge is 0.436 e. The van der Waals surface area contributed by atoms with Gasteiger partial charge in [0.25, 0.3) is 0 Å². The Hall–Kier alpha value is -5.97. The Balaban J connectivity index is 1.14. The lowest BCUT2D eigenvalue weighted by atomic mass is 9.97. The van der Waals surface area contributed by atoms with E-state index in [0.29, 0.717) is 5.89 Å². The summed E-state index contributed by atoms with van der Waals surface area (Å²) in [5.74, 6) is 0.625. The maximum Gasteiger partial charge on any atom is 0.227 e. The molecule has 0 saturated heterocycles. The highest BCUT2D eigenvalue weighted by Crippen LogP contribution is 2.44. The summed E-state index contributed by atoms with van der Waals surface area (Å²) in [6.07, 6.45) is 0. The molecule has 2 aromatic heterocycles. The number of hydrogen-bond donors (Lipinski definition) is 0. The van der Waals surface area contributed by atoms with Crippen molar-refractivity contribution in [2.45, 2.75) is 0 Å². The molecule has 0 aliphatic rings. The van der Waals surface area contributed by atoms with Crippen molar-refractivity contribution in [1.82, 2.24) is 4.98 Å². The Morgan fingerprint density at radius 1 is 0.468 bits per heavy atom. The maximum atomic E-state index is 6.06. The maximum absolute atomic E-state index is 6.06. The standard InChI is InChI=1S/C43H28N2OS/c1-3-10-29(11-4-1)30-18-20-31(21-19-30)36-14-9-17-41-42(36)37-28-35(26-27-40(37)47-41)45(33-12-5-2-6-13-33)34-24-22-32(23-25-34)43-44-38-15-7-8-16-39(38)46-43/h1-28H. The fourth-order valence-electron chi connectivity index (χ4n) is 6.44. The lowest BCUT2D eigenvalue weighted by Gasteiger charge is -2.25. The fourth-order valence-corrected chi connectivity index (χ4v) is 7.55. The van der Waals surface area contributed by atoms with Crippen LogP contribution < -0.4 is 4.90 Å². The predicted molar refractivity (Wildman–Crippen MR) is 198 cm³/mol. The van der Waals surface area contributed by atoms with Crippen molar-refractivity contribution in [3.05, 3.63) is 170 Å². The van der Waals surface area contributed by atoms with E-state index in [1.807, 2.05) is 35.6 Å². The van der Waals surface area contributed by atoms with Crippen LogP contribution in [0, 0.1) is 0 Å². The molecule has 7 aromatic carbocycles. The Bertz CT molecular complexity index is 2460. The van der Waals surface area contributed by atoms with E-state index >= 15 is 0 Å². The first-order chi connectivity index (χ1) is 23.3. The number of oxazole rings is 1. The van der Waals surface area contributed by atoms with Gasteiger partial charge in [-0.3, -0.25) is 0 Å². The van der Waals surface area contributed by atoms with Gasteiger partial charge in [0.05, 0.1) is 0 Å². The number of rotatable bonds is 6. The van der Waals surface area contributed by atoms with Crippen LogP contribution in [0.1, 0.15) is 0 Å². The van der Waals surface area contributed by atoms with Crippen LogP contribution in [-0.4, -0.2) is 4.98 Å². The number of hydrogen-bond acceptors (Lipinski definition) is 4. The van der Waals surface area contributed by atoms with Crippen molar-refractivity contribution < 1.29 is 4.42 Å². The molecule has 0 aliphatic carbocycles. The second-order valence-corrected chi connectivity index (χ2v) is 12.7. The molecule has 0 amide bonds. The topological polar surface area (TPSA) is 29.3 Å². The molecule has 0 unspecified atom stereocenters. The number of anilines is 3. The molecule has 0 bridgehead atoms. The highest BCUT2D eigenvalue weighted by molar-refractivity contribution is 7.26. The normalized spacial score (nSPS) is 11.4. The van der Waals surface area contributed by atoms with Crippen LogP contribution in [0.15, 0.2) is 174 Å². The zero-order valence-electron chi connectivity index (χ0n) is 25.4. The first kappa shape index (κ1) is 27.3. The van der Waals surface area contributed by atoms with Crippen molar-refractivity contribution in [2.75, 3.05) is 4.90 Å². The van der Waals surface area contributed by atoms with Gasteiger partial charge in [0.15, 0.2) is 5.58 Å². The average Bonchev–Trinajstić information content (AvgIpc) is 3.75. The Morgan fingerprint density at radius 3 is 1.89 bits per heavy atom. The summed E-state index contributed by atoms with van der Waals surface area (Å²) in [6, 6.07) is 59.9. The average molecular weight is 621 g/mol. The number of para-hydroxylation sites is 3. The summed E-state index contributed by atoms with van der Waals surface area (Å²) in [7, 11) is 0. The molecule has 0 N–H and O–H groups in total. The number of aromatic nitrogens is 1. The van der Waals surface area contributed by atoms with Gasteiger partial charge in [-0.05, 0) is 95.1 Å². The van der Waals surface area contributed by atoms with E-state index in [1.54, 1.807) is 0 Å². The molecular formula is C43H28N2OS. The van der Waals surface area contributed by atoms with Crippen molar-refractivity contribution in [1.29, 1.82) is 0 Å². The van der Waals surface area contributed by atoms with E-state index in [0.717, 1.165) is 33.7 Å². The number of nitrogens with zero attached hydrogens (tertiary/aromatic N) is 2. The fraction of sp³-hybridized carbons (Fsp3) is 0. The summed E-state index contributed by atoms with van der Waals surface area (Å²) in [5.41, 5.74) is 10.8. The molecule has 4 heteroatoms. The zero-order chi connectivity index (χ0) is 31.2. The summed E-state index contributed by atoms with van der Waals surface area (Å²) < 4.78 is 8.62. The third kappa shape index (κ3) is 4.96. The summed E-state index contributed by atoms with van der Waals surface area (Å²) in [5, 5.41) is 2.55. The lowest BCUT2D eigenvalue weighted by Crippen LogP contribution is -2.09. The summed E-state index contributed by atoms with van der Waals surface area (Å²) >= 11 is 1.85.